The van der Waals surface area contributed by atoms with Gasteiger partial charge < -0.3 is 15.2 Å². The lowest BCUT2D eigenvalue weighted by molar-refractivity contribution is -0.127. The maximum absolute atomic E-state index is 13.3. The number of nitrogens with one attached hydrogen (secondary N) is 2. The van der Waals surface area contributed by atoms with Gasteiger partial charge in [0.1, 0.15) is 0 Å². The molecule has 6 atom stereocenters. The molecule has 1 aliphatic heterocycles. The van der Waals surface area contributed by atoms with Gasteiger partial charge in [-0.05, 0) is 94.7 Å². The lowest BCUT2D eigenvalue weighted by atomic mass is 9.73. The highest BCUT2D eigenvalue weighted by atomic mass is 16.2. The lowest BCUT2D eigenvalue weighted by Gasteiger charge is -2.40. The number of fused-ring (bicyclic) bond motifs is 2. The lowest BCUT2D eigenvalue weighted by Crippen LogP contribution is -2.49. The van der Waals surface area contributed by atoms with Crippen LogP contribution in [0.2, 0.25) is 0 Å². The number of aryl methyl sites for hydroxylation is 2. The second-order valence-electron chi connectivity index (χ2n) is 10.9. The molecule has 3 fully saturated rings. The van der Waals surface area contributed by atoms with Crippen LogP contribution in [0.4, 0.5) is 0 Å². The average Bonchev–Trinajstić information content (AvgIpc) is 2.82. The van der Waals surface area contributed by atoms with Gasteiger partial charge in [0, 0.05) is 47.9 Å². The van der Waals surface area contributed by atoms with Crippen molar-refractivity contribution in [2.75, 3.05) is 6.54 Å². The first-order valence-electron chi connectivity index (χ1n) is 12.9. The highest BCUT2D eigenvalue weighted by Crippen LogP contribution is 2.38. The predicted molar refractivity (Wildman–Crippen MR) is 131 cm³/mol. The number of nitrogens with zero attached hydrogens (tertiary/aromatic N) is 2. The van der Waals surface area contributed by atoms with E-state index < -0.39 is 0 Å². The summed E-state index contributed by atoms with van der Waals surface area (Å²) in [5, 5.41) is 8.06. The van der Waals surface area contributed by atoms with Crippen molar-refractivity contribution in [1.29, 1.82) is 0 Å². The number of rotatable bonds is 3. The summed E-state index contributed by atoms with van der Waals surface area (Å²) < 4.78 is 1.77. The van der Waals surface area contributed by atoms with Crippen LogP contribution in [0.1, 0.15) is 75.5 Å². The van der Waals surface area contributed by atoms with E-state index in [2.05, 4.69) is 22.5 Å². The molecular weight excluding hydrogens is 412 g/mol. The Morgan fingerprint density at radius 1 is 1.15 bits per heavy atom. The zero-order valence-corrected chi connectivity index (χ0v) is 20.3. The topological polar surface area (TPSA) is 76.0 Å². The van der Waals surface area contributed by atoms with E-state index in [-0.39, 0.29) is 29.3 Å². The minimum Gasteiger partial charge on any atom is -0.353 e. The molecule has 33 heavy (non-hydrogen) atoms. The fourth-order valence-corrected chi connectivity index (χ4v) is 6.70. The van der Waals surface area contributed by atoms with E-state index >= 15 is 0 Å². The number of piperidine rings is 1. The van der Waals surface area contributed by atoms with Gasteiger partial charge in [0.15, 0.2) is 0 Å². The molecule has 3 aliphatic rings. The van der Waals surface area contributed by atoms with Crippen molar-refractivity contribution in [3.63, 3.8) is 0 Å². The zero-order valence-electron chi connectivity index (χ0n) is 20.3. The monoisotopic (exact) mass is 450 g/mol. The fourth-order valence-electron chi connectivity index (χ4n) is 6.70. The molecule has 6 heteroatoms. The first kappa shape index (κ1) is 22.6. The quantitative estimate of drug-likeness (QED) is 0.746. The second-order valence-corrected chi connectivity index (χ2v) is 10.9. The Morgan fingerprint density at radius 2 is 2.00 bits per heavy atom. The first-order chi connectivity index (χ1) is 15.9. The Labute approximate surface area is 196 Å². The number of amides is 1. The van der Waals surface area contributed by atoms with Crippen LogP contribution in [0.15, 0.2) is 23.1 Å². The van der Waals surface area contributed by atoms with Gasteiger partial charge in [0.05, 0.1) is 5.52 Å². The molecule has 3 heterocycles. The van der Waals surface area contributed by atoms with Crippen LogP contribution < -0.4 is 16.2 Å². The SMILES string of the molecule is Cc1cc2c(cn1)cc(C1CC(NC(=O)C3CCC4NCCCC4C3)CCC1C)c(=O)n2C. The molecule has 2 aliphatic carbocycles. The van der Waals surface area contributed by atoms with Gasteiger partial charge in [-0.1, -0.05) is 6.92 Å². The summed E-state index contributed by atoms with van der Waals surface area (Å²) in [6.45, 7) is 5.33. The van der Waals surface area contributed by atoms with Crippen molar-refractivity contribution in [1.82, 2.24) is 20.2 Å². The average molecular weight is 451 g/mol. The van der Waals surface area contributed by atoms with Crippen molar-refractivity contribution in [2.45, 2.75) is 83.2 Å². The molecule has 2 saturated carbocycles. The maximum Gasteiger partial charge on any atom is 0.254 e. The Morgan fingerprint density at radius 3 is 2.85 bits per heavy atom. The van der Waals surface area contributed by atoms with Crippen molar-refractivity contribution in [2.24, 2.45) is 24.8 Å². The number of hydrogen-bond donors (Lipinski definition) is 2. The Kier molecular flexibility index (Phi) is 6.30. The fraction of sp³-hybridized carbons (Fsp3) is 0.667. The van der Waals surface area contributed by atoms with Crippen LogP contribution in [-0.2, 0) is 11.8 Å². The molecule has 1 saturated heterocycles. The van der Waals surface area contributed by atoms with Gasteiger partial charge in [-0.3, -0.25) is 14.6 Å². The second kappa shape index (κ2) is 9.21. The molecule has 5 rings (SSSR count). The molecule has 2 N–H and O–H groups in total. The number of pyridine rings is 2. The largest absolute Gasteiger partial charge is 0.353 e. The summed E-state index contributed by atoms with van der Waals surface area (Å²) in [7, 11) is 1.86. The molecule has 2 aromatic rings. The third-order valence-electron chi connectivity index (χ3n) is 8.73. The standard InChI is InChI=1S/C27H38N4O2/c1-16-6-8-21(30-26(32)19-7-9-24-18(12-19)5-4-10-28-24)14-22(16)23-13-20-15-29-17(2)11-25(20)31(3)27(23)33/h11,13,15-16,18-19,21-22,24,28H,4-10,12,14H2,1-3H3,(H,30,32). The minimum absolute atomic E-state index is 0.0834. The first-order valence-corrected chi connectivity index (χ1v) is 12.9. The molecule has 6 nitrogen and oxygen atoms in total. The zero-order chi connectivity index (χ0) is 23.1. The third-order valence-corrected chi connectivity index (χ3v) is 8.73. The van der Waals surface area contributed by atoms with E-state index in [0.717, 1.165) is 67.2 Å². The third kappa shape index (κ3) is 4.46. The highest BCUT2D eigenvalue weighted by Gasteiger charge is 2.37. The van der Waals surface area contributed by atoms with Crippen LogP contribution in [0, 0.1) is 24.7 Å². The van der Waals surface area contributed by atoms with Crippen molar-refractivity contribution >= 4 is 16.8 Å². The minimum atomic E-state index is 0.0834. The van der Waals surface area contributed by atoms with Gasteiger partial charge in [0.2, 0.25) is 5.91 Å². The molecule has 0 bridgehead atoms. The summed E-state index contributed by atoms with van der Waals surface area (Å²) >= 11 is 0. The van der Waals surface area contributed by atoms with Gasteiger partial charge in [-0.2, -0.15) is 0 Å². The van der Waals surface area contributed by atoms with E-state index in [1.54, 1.807) is 4.57 Å². The summed E-state index contributed by atoms with van der Waals surface area (Å²) in [4.78, 5) is 30.9. The van der Waals surface area contributed by atoms with Crippen LogP contribution in [0.5, 0.6) is 0 Å². The Balaban J connectivity index is 1.31. The van der Waals surface area contributed by atoms with Crippen LogP contribution in [-0.4, -0.2) is 34.1 Å². The maximum atomic E-state index is 13.3. The summed E-state index contributed by atoms with van der Waals surface area (Å²) in [5.41, 5.74) is 2.80. The molecule has 0 radical (unpaired) electrons. The van der Waals surface area contributed by atoms with E-state index in [9.17, 15) is 9.59 Å². The van der Waals surface area contributed by atoms with Crippen LogP contribution in [0.3, 0.4) is 0 Å². The van der Waals surface area contributed by atoms with Crippen molar-refractivity contribution in [3.05, 3.63) is 39.9 Å². The van der Waals surface area contributed by atoms with Crippen molar-refractivity contribution in [3.8, 4) is 0 Å². The summed E-state index contributed by atoms with van der Waals surface area (Å²) in [5.74, 6) is 1.62. The van der Waals surface area contributed by atoms with Gasteiger partial charge in [0.25, 0.3) is 5.56 Å². The number of hydrogen-bond acceptors (Lipinski definition) is 4. The molecule has 2 aromatic heterocycles. The van der Waals surface area contributed by atoms with E-state index in [1.807, 2.05) is 32.3 Å². The molecule has 178 valence electrons. The molecule has 1 amide bonds. The predicted octanol–water partition coefficient (Wildman–Crippen LogP) is 3.80. The highest BCUT2D eigenvalue weighted by molar-refractivity contribution is 5.80. The summed E-state index contributed by atoms with van der Waals surface area (Å²) in [6.07, 6.45) is 10.4. The van der Waals surface area contributed by atoms with Gasteiger partial charge >= 0.3 is 0 Å². The van der Waals surface area contributed by atoms with E-state index in [0.29, 0.717) is 17.9 Å². The molecular formula is C27H38N4O2. The summed E-state index contributed by atoms with van der Waals surface area (Å²) in [6, 6.07) is 4.79. The van der Waals surface area contributed by atoms with E-state index in [4.69, 9.17) is 0 Å². The Hall–Kier alpha value is -2.21. The normalized spacial score (nSPS) is 32.3. The van der Waals surface area contributed by atoms with Gasteiger partial charge in [-0.25, -0.2) is 0 Å². The van der Waals surface area contributed by atoms with Crippen LogP contribution >= 0.6 is 0 Å². The van der Waals surface area contributed by atoms with Crippen molar-refractivity contribution < 1.29 is 4.79 Å². The number of carbonyl (C=O) groups is 1. The smallest absolute Gasteiger partial charge is 0.254 e. The molecule has 0 aromatic carbocycles. The van der Waals surface area contributed by atoms with Crippen LogP contribution in [0.25, 0.3) is 10.9 Å². The van der Waals surface area contributed by atoms with E-state index in [1.165, 1.54) is 12.8 Å². The Bertz CT molecular complexity index is 1090. The molecule has 0 spiro atoms. The van der Waals surface area contributed by atoms with Gasteiger partial charge in [-0.15, -0.1) is 0 Å². The number of aromatic nitrogens is 2. The number of carbonyl (C=O) groups excluding carboxylic acids is 1. The molecule has 6 unspecified atom stereocenters.